The summed E-state index contributed by atoms with van der Waals surface area (Å²) in [5.41, 5.74) is 1.08. The number of nitrogens with zero attached hydrogens (tertiary/aromatic N) is 1. The molecule has 0 bridgehead atoms. The number of hydrogen-bond acceptors (Lipinski definition) is 6. The Balaban J connectivity index is 1.54. The second-order valence-electron chi connectivity index (χ2n) is 6.27. The number of hydrogen-bond donors (Lipinski definition) is 0. The zero-order valence-corrected chi connectivity index (χ0v) is 14.3. The van der Waals surface area contributed by atoms with Crippen LogP contribution in [0.2, 0.25) is 0 Å². The molecule has 0 saturated carbocycles. The summed E-state index contributed by atoms with van der Waals surface area (Å²) in [7, 11) is 1.30. The van der Waals surface area contributed by atoms with Crippen molar-refractivity contribution in [1.29, 1.82) is 0 Å². The second-order valence-corrected chi connectivity index (χ2v) is 6.27. The molecule has 2 amide bonds. The first kappa shape index (κ1) is 17.8. The fraction of sp³-hybridized carbons (Fsp3) is 0.368. The first-order valence-electron chi connectivity index (χ1n) is 8.34. The van der Waals surface area contributed by atoms with Crippen molar-refractivity contribution in [3.05, 3.63) is 47.5 Å². The number of methoxy groups -OCH3 is 1. The average molecular weight is 357 g/mol. The Labute approximate surface area is 150 Å². The van der Waals surface area contributed by atoms with Gasteiger partial charge in [0.1, 0.15) is 13.2 Å². The Morgan fingerprint density at radius 1 is 1.04 bits per heavy atom. The molecule has 0 N–H and O–H groups in total. The molecule has 2 atom stereocenters. The van der Waals surface area contributed by atoms with E-state index >= 15 is 0 Å². The lowest BCUT2D eigenvalue weighted by Crippen LogP contribution is -2.36. The van der Waals surface area contributed by atoms with Crippen molar-refractivity contribution in [1.82, 2.24) is 4.90 Å². The monoisotopic (exact) mass is 357 g/mol. The van der Waals surface area contributed by atoms with Crippen molar-refractivity contribution in [2.45, 2.75) is 19.4 Å². The summed E-state index contributed by atoms with van der Waals surface area (Å²) < 4.78 is 9.76. The molecule has 7 heteroatoms. The SMILES string of the molecule is COC(=O)c1ccc(COC(=O)CN2C(=O)[C@H]3CC=CC[C@@H]3C2=O)cc1. The van der Waals surface area contributed by atoms with Gasteiger partial charge in [-0.1, -0.05) is 24.3 Å². The molecule has 3 rings (SSSR count). The van der Waals surface area contributed by atoms with E-state index in [9.17, 15) is 19.2 Å². The summed E-state index contributed by atoms with van der Waals surface area (Å²) in [6, 6.07) is 6.43. The van der Waals surface area contributed by atoms with Gasteiger partial charge in [0.15, 0.2) is 0 Å². The highest BCUT2D eigenvalue weighted by atomic mass is 16.5. The number of likely N-dealkylation sites (tertiary alicyclic amines) is 1. The molecule has 0 unspecified atom stereocenters. The van der Waals surface area contributed by atoms with Crippen LogP contribution in [0.1, 0.15) is 28.8 Å². The third-order valence-corrected chi connectivity index (χ3v) is 4.66. The maximum atomic E-state index is 12.3. The molecule has 0 spiro atoms. The number of imide groups is 1. The van der Waals surface area contributed by atoms with Gasteiger partial charge < -0.3 is 9.47 Å². The van der Waals surface area contributed by atoms with Crippen molar-refractivity contribution >= 4 is 23.8 Å². The van der Waals surface area contributed by atoms with Gasteiger partial charge in [0.05, 0.1) is 24.5 Å². The number of ether oxygens (including phenoxy) is 2. The maximum Gasteiger partial charge on any atom is 0.337 e. The zero-order chi connectivity index (χ0) is 18.7. The predicted molar refractivity (Wildman–Crippen MR) is 89.7 cm³/mol. The third-order valence-electron chi connectivity index (χ3n) is 4.66. The zero-order valence-electron chi connectivity index (χ0n) is 14.3. The second kappa shape index (κ2) is 7.51. The molecule has 2 aliphatic rings. The Morgan fingerprint density at radius 3 is 2.15 bits per heavy atom. The summed E-state index contributed by atoms with van der Waals surface area (Å²) >= 11 is 0. The van der Waals surface area contributed by atoms with Gasteiger partial charge in [-0.05, 0) is 30.5 Å². The van der Waals surface area contributed by atoms with E-state index < -0.39 is 11.9 Å². The van der Waals surface area contributed by atoms with Crippen LogP contribution in [-0.4, -0.2) is 42.3 Å². The van der Waals surface area contributed by atoms with Gasteiger partial charge in [0.25, 0.3) is 0 Å². The Kier molecular flexibility index (Phi) is 5.16. The minimum absolute atomic E-state index is 0.00901. The number of carbonyl (C=O) groups is 4. The van der Waals surface area contributed by atoms with Crippen LogP contribution < -0.4 is 0 Å². The first-order valence-corrected chi connectivity index (χ1v) is 8.34. The predicted octanol–water partition coefficient (Wildman–Crippen LogP) is 1.47. The van der Waals surface area contributed by atoms with Crippen LogP contribution in [-0.2, 0) is 30.5 Å². The molecule has 1 aromatic carbocycles. The molecule has 1 saturated heterocycles. The fourth-order valence-corrected chi connectivity index (χ4v) is 3.22. The maximum absolute atomic E-state index is 12.3. The highest BCUT2D eigenvalue weighted by Crippen LogP contribution is 2.34. The Morgan fingerprint density at radius 2 is 1.62 bits per heavy atom. The number of esters is 2. The van der Waals surface area contributed by atoms with Crippen molar-refractivity contribution in [3.8, 4) is 0 Å². The molecule has 136 valence electrons. The van der Waals surface area contributed by atoms with E-state index in [0.29, 0.717) is 24.0 Å². The molecular formula is C19H19NO6. The smallest absolute Gasteiger partial charge is 0.337 e. The molecule has 1 aliphatic carbocycles. The van der Waals surface area contributed by atoms with Gasteiger partial charge in [-0.3, -0.25) is 19.3 Å². The van der Waals surface area contributed by atoms with Gasteiger partial charge >= 0.3 is 11.9 Å². The van der Waals surface area contributed by atoms with Crippen LogP contribution >= 0.6 is 0 Å². The van der Waals surface area contributed by atoms with E-state index in [1.165, 1.54) is 7.11 Å². The van der Waals surface area contributed by atoms with Crippen LogP contribution in [0.3, 0.4) is 0 Å². The molecule has 1 aliphatic heterocycles. The van der Waals surface area contributed by atoms with Gasteiger partial charge in [-0.2, -0.15) is 0 Å². The highest BCUT2D eigenvalue weighted by Gasteiger charge is 2.47. The van der Waals surface area contributed by atoms with E-state index in [1.807, 2.05) is 12.2 Å². The number of carbonyl (C=O) groups excluding carboxylic acids is 4. The topological polar surface area (TPSA) is 90.0 Å². The lowest BCUT2D eigenvalue weighted by molar-refractivity contribution is -0.153. The number of fused-ring (bicyclic) bond motifs is 1. The Bertz CT molecular complexity index is 741. The summed E-state index contributed by atoms with van der Waals surface area (Å²) in [6.45, 7) is -0.379. The minimum Gasteiger partial charge on any atom is -0.465 e. The number of allylic oxidation sites excluding steroid dienone is 2. The lowest BCUT2D eigenvalue weighted by atomic mass is 9.85. The van der Waals surface area contributed by atoms with Crippen molar-refractivity contribution < 1.29 is 28.7 Å². The van der Waals surface area contributed by atoms with Gasteiger partial charge in [0.2, 0.25) is 11.8 Å². The van der Waals surface area contributed by atoms with E-state index in [1.54, 1.807) is 24.3 Å². The van der Waals surface area contributed by atoms with E-state index in [0.717, 1.165) is 4.90 Å². The van der Waals surface area contributed by atoms with Crippen LogP contribution in [0.5, 0.6) is 0 Å². The molecule has 7 nitrogen and oxygen atoms in total. The van der Waals surface area contributed by atoms with Crippen LogP contribution in [0.4, 0.5) is 0 Å². The fourth-order valence-electron chi connectivity index (χ4n) is 3.22. The summed E-state index contributed by atoms with van der Waals surface area (Å²) in [6.07, 6.45) is 4.86. The largest absolute Gasteiger partial charge is 0.465 e. The highest BCUT2D eigenvalue weighted by molar-refractivity contribution is 6.07. The van der Waals surface area contributed by atoms with E-state index in [4.69, 9.17) is 4.74 Å². The quantitative estimate of drug-likeness (QED) is 0.450. The standard InChI is InChI=1S/C19H19NO6/c1-25-19(24)13-8-6-12(7-9-13)11-26-16(21)10-20-17(22)14-4-2-3-5-15(14)18(20)23/h2-3,6-9,14-15H,4-5,10-11H2,1H3/t14-,15-/m0/s1. The average Bonchev–Trinajstić information content (AvgIpc) is 2.91. The van der Waals surface area contributed by atoms with Crippen LogP contribution in [0.15, 0.2) is 36.4 Å². The molecule has 26 heavy (non-hydrogen) atoms. The van der Waals surface area contributed by atoms with Gasteiger partial charge in [0, 0.05) is 0 Å². The van der Waals surface area contributed by atoms with Crippen molar-refractivity contribution in [3.63, 3.8) is 0 Å². The first-order chi connectivity index (χ1) is 12.5. The van der Waals surface area contributed by atoms with E-state index in [2.05, 4.69) is 4.74 Å². The third kappa shape index (κ3) is 3.51. The van der Waals surface area contributed by atoms with E-state index in [-0.39, 0.29) is 36.8 Å². The van der Waals surface area contributed by atoms with Crippen LogP contribution in [0.25, 0.3) is 0 Å². The lowest BCUT2D eigenvalue weighted by Gasteiger charge is -2.14. The van der Waals surface area contributed by atoms with Gasteiger partial charge in [-0.15, -0.1) is 0 Å². The molecule has 1 fully saturated rings. The Hall–Kier alpha value is -2.96. The van der Waals surface area contributed by atoms with Crippen molar-refractivity contribution in [2.24, 2.45) is 11.8 Å². The number of benzene rings is 1. The molecular weight excluding hydrogens is 338 g/mol. The minimum atomic E-state index is -0.643. The van der Waals surface area contributed by atoms with Crippen LogP contribution in [0, 0.1) is 11.8 Å². The summed E-state index contributed by atoms with van der Waals surface area (Å²) in [5.74, 6) is -2.41. The normalized spacial score (nSPS) is 21.5. The molecule has 0 radical (unpaired) electrons. The number of rotatable bonds is 5. The van der Waals surface area contributed by atoms with Crippen molar-refractivity contribution in [2.75, 3.05) is 13.7 Å². The summed E-state index contributed by atoms with van der Waals surface area (Å²) in [5, 5.41) is 0. The number of amides is 2. The molecule has 0 aromatic heterocycles. The summed E-state index contributed by atoms with van der Waals surface area (Å²) in [4.78, 5) is 49.0. The molecule has 1 heterocycles. The molecule has 1 aromatic rings. The van der Waals surface area contributed by atoms with Gasteiger partial charge in [-0.25, -0.2) is 4.79 Å².